The van der Waals surface area contributed by atoms with E-state index in [4.69, 9.17) is 16.3 Å². The molecule has 4 aromatic rings. The van der Waals surface area contributed by atoms with E-state index in [-0.39, 0.29) is 6.42 Å². The van der Waals surface area contributed by atoms with E-state index in [1.807, 2.05) is 48.5 Å². The number of urea groups is 1. The second-order valence-corrected chi connectivity index (χ2v) is 11.4. The zero-order valence-corrected chi connectivity index (χ0v) is 24.3. The summed E-state index contributed by atoms with van der Waals surface area (Å²) in [6, 6.07) is 29.8. The van der Waals surface area contributed by atoms with Gasteiger partial charge in [0.15, 0.2) is 5.41 Å². The molecule has 1 spiro atoms. The van der Waals surface area contributed by atoms with Crippen molar-refractivity contribution in [1.82, 2.24) is 0 Å². The molecule has 0 aromatic heterocycles. The SMILES string of the molecule is COc1ccc(N2CCN3c4cc(Cl)ccc4CC4(C(=O)N(c5ccccc5)C(=O)N(c5ccccc5)C4=O)[C@@H]3C2)cc1. The summed E-state index contributed by atoms with van der Waals surface area (Å²) >= 11 is 6.48. The van der Waals surface area contributed by atoms with Crippen molar-refractivity contribution in [2.45, 2.75) is 12.5 Å². The van der Waals surface area contributed by atoms with Crippen molar-refractivity contribution in [1.29, 1.82) is 0 Å². The maximum atomic E-state index is 14.9. The zero-order valence-electron chi connectivity index (χ0n) is 23.5. The number of rotatable bonds is 4. The monoisotopic (exact) mass is 592 g/mol. The predicted molar refractivity (Wildman–Crippen MR) is 167 cm³/mol. The van der Waals surface area contributed by atoms with Crippen molar-refractivity contribution in [3.8, 4) is 5.75 Å². The van der Waals surface area contributed by atoms with E-state index in [1.54, 1.807) is 61.7 Å². The standard InChI is InChI=1S/C34H29ClN4O4/c1-43-28-16-14-25(15-17-28)36-18-19-37-29-20-24(35)13-12-23(29)21-34(30(37)22-36)31(40)38(26-8-4-2-5-9-26)33(42)39(32(34)41)27-10-6-3-7-11-27/h2-17,20,30H,18-19,21-22H2,1H3/t30-/m0/s1. The van der Waals surface area contributed by atoms with E-state index in [1.165, 1.54) is 9.80 Å². The number of ether oxygens (including phenoxy) is 1. The van der Waals surface area contributed by atoms with Crippen LogP contribution in [0.15, 0.2) is 103 Å². The molecule has 0 N–H and O–H groups in total. The maximum Gasteiger partial charge on any atom is 0.342 e. The fraction of sp³-hybridized carbons (Fsp3) is 0.206. The van der Waals surface area contributed by atoms with Gasteiger partial charge < -0.3 is 14.5 Å². The van der Waals surface area contributed by atoms with Gasteiger partial charge >= 0.3 is 6.03 Å². The molecule has 0 radical (unpaired) electrons. The average Bonchev–Trinajstić information content (AvgIpc) is 3.05. The molecule has 2 saturated heterocycles. The number of carbonyl (C=O) groups excluding carboxylic acids is 3. The molecule has 4 amide bonds. The van der Waals surface area contributed by atoms with Gasteiger partial charge in [0.2, 0.25) is 0 Å². The molecule has 0 saturated carbocycles. The van der Waals surface area contributed by atoms with Crippen LogP contribution in [-0.2, 0) is 16.0 Å². The number of amides is 4. The molecule has 3 aliphatic rings. The van der Waals surface area contributed by atoms with E-state index in [0.717, 1.165) is 22.7 Å². The Kier molecular flexibility index (Phi) is 6.58. The number of barbiturate groups is 1. The number of methoxy groups -OCH3 is 1. The zero-order chi connectivity index (χ0) is 29.7. The summed E-state index contributed by atoms with van der Waals surface area (Å²) in [5, 5.41) is 0.583. The summed E-state index contributed by atoms with van der Waals surface area (Å²) in [7, 11) is 1.63. The number of hydrogen-bond acceptors (Lipinski definition) is 6. The van der Waals surface area contributed by atoms with Crippen LogP contribution in [0.4, 0.5) is 27.5 Å². The Morgan fingerprint density at radius 1 is 0.744 bits per heavy atom. The lowest BCUT2D eigenvalue weighted by Gasteiger charge is -2.57. The van der Waals surface area contributed by atoms with Crippen LogP contribution in [0, 0.1) is 5.41 Å². The Hall–Kier alpha value is -4.82. The second-order valence-electron chi connectivity index (χ2n) is 11.0. The molecule has 8 nitrogen and oxygen atoms in total. The number of para-hydroxylation sites is 2. The largest absolute Gasteiger partial charge is 0.497 e. The fourth-order valence-corrected chi connectivity index (χ4v) is 6.87. The third-order valence-corrected chi connectivity index (χ3v) is 9.03. The Morgan fingerprint density at radius 3 is 1.93 bits per heavy atom. The van der Waals surface area contributed by atoms with Crippen molar-refractivity contribution >= 4 is 52.2 Å². The van der Waals surface area contributed by atoms with Crippen molar-refractivity contribution < 1.29 is 19.1 Å². The van der Waals surface area contributed by atoms with Crippen molar-refractivity contribution in [3.63, 3.8) is 0 Å². The lowest BCUT2D eigenvalue weighted by atomic mass is 9.67. The molecule has 0 aliphatic carbocycles. The molecule has 0 unspecified atom stereocenters. The third kappa shape index (κ3) is 4.24. The minimum Gasteiger partial charge on any atom is -0.497 e. The molecule has 43 heavy (non-hydrogen) atoms. The van der Waals surface area contributed by atoms with Crippen molar-refractivity contribution in [3.05, 3.63) is 114 Å². The highest BCUT2D eigenvalue weighted by molar-refractivity contribution is 6.39. The Bertz CT molecular complexity index is 1650. The normalized spacial score (nSPS) is 19.4. The number of piperazine rings is 1. The number of imide groups is 2. The van der Waals surface area contributed by atoms with Gasteiger partial charge in [-0.05, 0) is 72.6 Å². The second kappa shape index (κ2) is 10.5. The maximum absolute atomic E-state index is 14.9. The first-order valence-electron chi connectivity index (χ1n) is 14.2. The van der Waals surface area contributed by atoms with Gasteiger partial charge in [0, 0.05) is 36.0 Å². The van der Waals surface area contributed by atoms with Gasteiger partial charge in [0.1, 0.15) is 5.75 Å². The summed E-state index contributed by atoms with van der Waals surface area (Å²) in [5.41, 5.74) is 1.95. The van der Waals surface area contributed by atoms with Gasteiger partial charge in [0.05, 0.1) is 24.5 Å². The van der Waals surface area contributed by atoms with Gasteiger partial charge in [-0.2, -0.15) is 0 Å². The first-order chi connectivity index (χ1) is 20.9. The smallest absolute Gasteiger partial charge is 0.342 e. The fourth-order valence-electron chi connectivity index (χ4n) is 6.70. The molecule has 9 heteroatoms. The number of hydrogen-bond donors (Lipinski definition) is 0. The summed E-state index contributed by atoms with van der Waals surface area (Å²) < 4.78 is 5.36. The molecular formula is C34H29ClN4O4. The molecule has 3 aliphatic heterocycles. The summed E-state index contributed by atoms with van der Waals surface area (Å²) in [6.07, 6.45) is 0.134. The molecule has 1 atom stereocenters. The molecule has 2 fully saturated rings. The van der Waals surface area contributed by atoms with E-state index < -0.39 is 29.3 Å². The van der Waals surface area contributed by atoms with Crippen LogP contribution in [0.25, 0.3) is 0 Å². The molecule has 7 rings (SSSR count). The lowest BCUT2D eigenvalue weighted by Crippen LogP contribution is -2.76. The minimum atomic E-state index is -1.59. The van der Waals surface area contributed by atoms with Crippen LogP contribution >= 0.6 is 11.6 Å². The summed E-state index contributed by atoms with van der Waals surface area (Å²) in [6.45, 7) is 1.60. The Balaban J connectivity index is 1.42. The predicted octanol–water partition coefficient (Wildman–Crippen LogP) is 5.79. The quantitative estimate of drug-likeness (QED) is 0.280. The lowest BCUT2D eigenvalue weighted by molar-refractivity contribution is -0.143. The highest BCUT2D eigenvalue weighted by Crippen LogP contribution is 2.49. The molecule has 4 aromatic carbocycles. The van der Waals surface area contributed by atoms with Crippen molar-refractivity contribution in [2.24, 2.45) is 5.41 Å². The first-order valence-corrected chi connectivity index (χ1v) is 14.6. The van der Waals surface area contributed by atoms with Gasteiger partial charge in [-0.25, -0.2) is 14.6 Å². The Labute approximate surface area is 254 Å². The van der Waals surface area contributed by atoms with Crippen LogP contribution in [0.5, 0.6) is 5.75 Å². The van der Waals surface area contributed by atoms with Gasteiger partial charge in [-0.15, -0.1) is 0 Å². The Morgan fingerprint density at radius 2 is 1.35 bits per heavy atom. The van der Waals surface area contributed by atoms with E-state index >= 15 is 0 Å². The average molecular weight is 593 g/mol. The summed E-state index contributed by atoms with van der Waals surface area (Å²) in [5.74, 6) is -0.297. The number of halogens is 1. The van der Waals surface area contributed by atoms with Crippen molar-refractivity contribution in [2.75, 3.05) is 46.3 Å². The first kappa shape index (κ1) is 27.0. The molecule has 0 bridgehead atoms. The highest BCUT2D eigenvalue weighted by atomic mass is 35.5. The van der Waals surface area contributed by atoms with Gasteiger partial charge in [-0.1, -0.05) is 54.1 Å². The van der Waals surface area contributed by atoms with E-state index in [0.29, 0.717) is 36.0 Å². The van der Waals surface area contributed by atoms with Crippen LogP contribution in [0.3, 0.4) is 0 Å². The van der Waals surface area contributed by atoms with Gasteiger partial charge in [-0.3, -0.25) is 9.59 Å². The summed E-state index contributed by atoms with van der Waals surface area (Å²) in [4.78, 5) is 50.7. The molecular weight excluding hydrogens is 564 g/mol. The molecule has 216 valence electrons. The van der Waals surface area contributed by atoms with Crippen LogP contribution in [0.2, 0.25) is 5.02 Å². The highest BCUT2D eigenvalue weighted by Gasteiger charge is 2.65. The van der Waals surface area contributed by atoms with Crippen LogP contribution in [-0.4, -0.2) is 50.6 Å². The number of carbonyl (C=O) groups is 3. The van der Waals surface area contributed by atoms with E-state index in [9.17, 15) is 14.4 Å². The van der Waals surface area contributed by atoms with Crippen LogP contribution < -0.4 is 24.3 Å². The number of nitrogens with zero attached hydrogens (tertiary/aromatic N) is 4. The van der Waals surface area contributed by atoms with Crippen LogP contribution in [0.1, 0.15) is 5.56 Å². The number of fused-ring (bicyclic) bond motifs is 4. The van der Waals surface area contributed by atoms with E-state index in [2.05, 4.69) is 9.80 Å². The topological polar surface area (TPSA) is 73.4 Å². The number of benzene rings is 4. The number of anilines is 4. The minimum absolute atomic E-state index is 0.134. The molecule has 3 heterocycles. The van der Waals surface area contributed by atoms with Gasteiger partial charge in [0.25, 0.3) is 11.8 Å². The third-order valence-electron chi connectivity index (χ3n) is 8.79.